The molecule has 1 saturated heterocycles. The molecule has 2 aromatic carbocycles. The summed E-state index contributed by atoms with van der Waals surface area (Å²) in [6.45, 7) is 0. The number of nitrogens with one attached hydrogen (secondary N) is 2. The van der Waals surface area contributed by atoms with E-state index >= 15 is 0 Å². The Labute approximate surface area is 168 Å². The molecule has 1 aliphatic rings. The predicted molar refractivity (Wildman–Crippen MR) is 106 cm³/mol. The van der Waals surface area contributed by atoms with Gasteiger partial charge in [-0.25, -0.2) is 9.48 Å². The van der Waals surface area contributed by atoms with Gasteiger partial charge in [-0.05, 0) is 30.3 Å². The highest BCUT2D eigenvalue weighted by atomic mass is 79.9. The average molecular weight is 437 g/mol. The third-order valence-corrected chi connectivity index (χ3v) is 4.60. The summed E-state index contributed by atoms with van der Waals surface area (Å²) >= 11 is 3.44. The van der Waals surface area contributed by atoms with E-state index in [1.807, 2.05) is 54.6 Å². The smallest absolute Gasteiger partial charge is 0.273 e. The number of imide groups is 2. The Morgan fingerprint density at radius 3 is 2.32 bits per heavy atom. The molecule has 1 fully saturated rings. The molecule has 0 saturated carbocycles. The molecule has 4 amide bonds. The highest BCUT2D eigenvalue weighted by Gasteiger charge is 2.28. The van der Waals surface area contributed by atoms with E-state index in [4.69, 9.17) is 0 Å². The Morgan fingerprint density at radius 1 is 0.929 bits per heavy atom. The summed E-state index contributed by atoms with van der Waals surface area (Å²) in [7, 11) is 0. The number of aromatic nitrogens is 2. The van der Waals surface area contributed by atoms with Crippen LogP contribution in [0.5, 0.6) is 0 Å². The van der Waals surface area contributed by atoms with Crippen LogP contribution in [0.15, 0.2) is 70.8 Å². The molecule has 3 aromatic rings. The Balaban J connectivity index is 1.87. The molecule has 0 spiro atoms. The topological polar surface area (TPSA) is 93.1 Å². The molecule has 1 aromatic heterocycles. The van der Waals surface area contributed by atoms with Crippen LogP contribution in [0.1, 0.15) is 5.56 Å². The number of carbonyl (C=O) groups is 3. The third-order valence-electron chi connectivity index (χ3n) is 4.10. The van der Waals surface area contributed by atoms with Crippen molar-refractivity contribution in [2.45, 2.75) is 0 Å². The summed E-state index contributed by atoms with van der Waals surface area (Å²) in [5.74, 6) is -1.50. The Kier molecular flexibility index (Phi) is 4.62. The number of carbonyl (C=O) groups excluding carboxylic acids is 3. The van der Waals surface area contributed by atoms with Crippen molar-refractivity contribution in [1.82, 2.24) is 20.4 Å². The predicted octanol–water partition coefficient (Wildman–Crippen LogP) is 3.05. The first kappa shape index (κ1) is 17.9. The van der Waals surface area contributed by atoms with Gasteiger partial charge in [0.1, 0.15) is 11.3 Å². The number of benzene rings is 2. The van der Waals surface area contributed by atoms with Gasteiger partial charge in [0.25, 0.3) is 11.8 Å². The molecule has 2 N–H and O–H groups in total. The largest absolute Gasteiger partial charge is 0.328 e. The minimum atomic E-state index is -0.834. The molecule has 2 heterocycles. The number of hydrogen-bond donors (Lipinski definition) is 2. The van der Waals surface area contributed by atoms with Crippen LogP contribution in [-0.2, 0) is 9.59 Å². The van der Waals surface area contributed by atoms with Crippen LogP contribution >= 0.6 is 15.9 Å². The lowest BCUT2D eigenvalue weighted by atomic mass is 10.0. The second kappa shape index (κ2) is 7.24. The fraction of sp³-hybridized carbons (Fsp3) is 0. The lowest BCUT2D eigenvalue weighted by molar-refractivity contribution is -0.123. The molecule has 0 bridgehead atoms. The van der Waals surface area contributed by atoms with Crippen LogP contribution in [0.4, 0.5) is 4.79 Å². The SMILES string of the molecule is O=C1NC(=O)C(=Cc2cn(-c3ccccc3)nc2-c2cccc(Br)c2)C(=O)N1. The number of rotatable bonds is 3. The van der Waals surface area contributed by atoms with Gasteiger partial charge in [0, 0.05) is 21.8 Å². The van der Waals surface area contributed by atoms with Gasteiger partial charge < -0.3 is 0 Å². The van der Waals surface area contributed by atoms with E-state index in [0.29, 0.717) is 11.3 Å². The van der Waals surface area contributed by atoms with Gasteiger partial charge in [0.15, 0.2) is 0 Å². The monoisotopic (exact) mass is 436 g/mol. The van der Waals surface area contributed by atoms with Crippen LogP contribution in [-0.4, -0.2) is 27.6 Å². The highest BCUT2D eigenvalue weighted by molar-refractivity contribution is 9.10. The number of barbiturate groups is 1. The summed E-state index contributed by atoms with van der Waals surface area (Å²) in [6, 6.07) is 16.2. The molecule has 1 aliphatic heterocycles. The minimum Gasteiger partial charge on any atom is -0.273 e. The molecule has 4 rings (SSSR count). The molecule has 0 radical (unpaired) electrons. The van der Waals surface area contributed by atoms with E-state index in [-0.39, 0.29) is 5.57 Å². The van der Waals surface area contributed by atoms with Gasteiger partial charge >= 0.3 is 6.03 Å². The van der Waals surface area contributed by atoms with E-state index in [0.717, 1.165) is 15.7 Å². The van der Waals surface area contributed by atoms with E-state index in [2.05, 4.69) is 31.7 Å². The van der Waals surface area contributed by atoms with Gasteiger partial charge in [-0.2, -0.15) is 5.10 Å². The number of urea groups is 1. The maximum Gasteiger partial charge on any atom is 0.328 e. The zero-order valence-electron chi connectivity index (χ0n) is 14.3. The first-order valence-electron chi connectivity index (χ1n) is 8.30. The van der Waals surface area contributed by atoms with E-state index in [1.165, 1.54) is 6.08 Å². The maximum absolute atomic E-state index is 12.1. The van der Waals surface area contributed by atoms with Crippen molar-refractivity contribution in [3.8, 4) is 16.9 Å². The third kappa shape index (κ3) is 3.49. The lowest BCUT2D eigenvalue weighted by Gasteiger charge is -2.13. The Bertz CT molecular complexity index is 1110. The summed E-state index contributed by atoms with van der Waals surface area (Å²) in [5.41, 5.74) is 2.63. The number of nitrogens with zero attached hydrogens (tertiary/aromatic N) is 2. The zero-order valence-corrected chi connectivity index (χ0v) is 15.9. The Hall–Kier alpha value is -3.52. The minimum absolute atomic E-state index is 0.163. The Morgan fingerprint density at radius 2 is 1.64 bits per heavy atom. The van der Waals surface area contributed by atoms with Gasteiger partial charge in [-0.15, -0.1) is 0 Å². The van der Waals surface area contributed by atoms with Crippen molar-refractivity contribution in [2.75, 3.05) is 0 Å². The van der Waals surface area contributed by atoms with Gasteiger partial charge in [-0.1, -0.05) is 46.3 Å². The van der Waals surface area contributed by atoms with Crippen LogP contribution < -0.4 is 10.6 Å². The number of amides is 4. The summed E-state index contributed by atoms with van der Waals surface area (Å²) in [6.07, 6.45) is 3.16. The van der Waals surface area contributed by atoms with E-state index in [9.17, 15) is 14.4 Å². The number of halogens is 1. The molecular formula is C20H13BrN4O3. The number of hydrogen-bond acceptors (Lipinski definition) is 4. The molecule has 0 aliphatic carbocycles. The average Bonchev–Trinajstić information content (AvgIpc) is 3.09. The van der Waals surface area contributed by atoms with Crippen molar-refractivity contribution in [1.29, 1.82) is 0 Å². The van der Waals surface area contributed by atoms with Crippen molar-refractivity contribution in [2.24, 2.45) is 0 Å². The first-order valence-corrected chi connectivity index (χ1v) is 9.10. The molecule has 7 nitrogen and oxygen atoms in total. The molecule has 28 heavy (non-hydrogen) atoms. The summed E-state index contributed by atoms with van der Waals surface area (Å²) < 4.78 is 2.54. The standard InChI is InChI=1S/C20H13BrN4O3/c21-14-6-4-5-12(9-14)17-13(10-16-18(26)22-20(28)23-19(16)27)11-25(24-17)15-7-2-1-3-8-15/h1-11H,(H2,22,23,26,27,28). The van der Waals surface area contributed by atoms with Crippen molar-refractivity contribution >= 4 is 39.9 Å². The van der Waals surface area contributed by atoms with Gasteiger partial charge in [0.05, 0.1) is 5.69 Å². The van der Waals surface area contributed by atoms with Crippen molar-refractivity contribution in [3.05, 3.63) is 76.4 Å². The number of para-hydroxylation sites is 1. The van der Waals surface area contributed by atoms with Crippen LogP contribution in [0.25, 0.3) is 23.0 Å². The summed E-state index contributed by atoms with van der Waals surface area (Å²) in [4.78, 5) is 35.5. The molecule has 0 atom stereocenters. The molecule has 0 unspecified atom stereocenters. The van der Waals surface area contributed by atoms with Crippen LogP contribution in [0.3, 0.4) is 0 Å². The quantitative estimate of drug-likeness (QED) is 0.487. The van der Waals surface area contributed by atoms with Crippen LogP contribution in [0.2, 0.25) is 0 Å². The van der Waals surface area contributed by atoms with Crippen molar-refractivity contribution in [3.63, 3.8) is 0 Å². The first-order chi connectivity index (χ1) is 13.5. The molecule has 138 valence electrons. The lowest BCUT2D eigenvalue weighted by Crippen LogP contribution is -2.51. The van der Waals surface area contributed by atoms with Gasteiger partial charge in [-0.3, -0.25) is 20.2 Å². The fourth-order valence-electron chi connectivity index (χ4n) is 2.83. The second-order valence-electron chi connectivity index (χ2n) is 6.02. The van der Waals surface area contributed by atoms with E-state index < -0.39 is 17.8 Å². The zero-order chi connectivity index (χ0) is 19.7. The fourth-order valence-corrected chi connectivity index (χ4v) is 3.23. The maximum atomic E-state index is 12.1. The van der Waals surface area contributed by atoms with Crippen molar-refractivity contribution < 1.29 is 14.4 Å². The van der Waals surface area contributed by atoms with Crippen LogP contribution in [0, 0.1) is 0 Å². The highest BCUT2D eigenvalue weighted by Crippen LogP contribution is 2.28. The second-order valence-corrected chi connectivity index (χ2v) is 6.93. The molecule has 8 heteroatoms. The molecular weight excluding hydrogens is 424 g/mol. The normalized spacial score (nSPS) is 13.9. The van der Waals surface area contributed by atoms with E-state index in [1.54, 1.807) is 10.9 Å². The van der Waals surface area contributed by atoms with Gasteiger partial charge in [0.2, 0.25) is 0 Å². The summed E-state index contributed by atoms with van der Waals surface area (Å²) in [5, 5.41) is 8.79.